The highest BCUT2D eigenvalue weighted by molar-refractivity contribution is 6.08. The van der Waals surface area contributed by atoms with Gasteiger partial charge in [0.25, 0.3) is 5.91 Å². The summed E-state index contributed by atoms with van der Waals surface area (Å²) in [5.41, 5.74) is 2.91. The van der Waals surface area contributed by atoms with Gasteiger partial charge in [-0.05, 0) is 51.2 Å². The van der Waals surface area contributed by atoms with E-state index in [1.54, 1.807) is 10.7 Å². The third-order valence-corrected chi connectivity index (χ3v) is 6.32. The molecule has 1 aliphatic carbocycles. The van der Waals surface area contributed by atoms with E-state index in [1.165, 1.54) is 0 Å². The first-order valence-corrected chi connectivity index (χ1v) is 11.4. The molecule has 33 heavy (non-hydrogen) atoms. The summed E-state index contributed by atoms with van der Waals surface area (Å²) < 4.78 is 15.3. The Morgan fingerprint density at radius 1 is 1.24 bits per heavy atom. The number of aromatic nitrogens is 6. The van der Waals surface area contributed by atoms with Crippen molar-refractivity contribution in [3.8, 4) is 5.88 Å². The van der Waals surface area contributed by atoms with Gasteiger partial charge in [-0.1, -0.05) is 0 Å². The van der Waals surface area contributed by atoms with Crippen molar-refractivity contribution < 1.29 is 14.3 Å². The number of amides is 1. The molecule has 10 heteroatoms. The highest BCUT2D eigenvalue weighted by Gasteiger charge is 2.26. The van der Waals surface area contributed by atoms with E-state index in [0.29, 0.717) is 35.0 Å². The molecule has 4 aromatic heterocycles. The maximum Gasteiger partial charge on any atom is 0.261 e. The van der Waals surface area contributed by atoms with E-state index >= 15 is 0 Å². The molecule has 1 aliphatic heterocycles. The van der Waals surface area contributed by atoms with Crippen LogP contribution < -0.4 is 10.1 Å². The smallest absolute Gasteiger partial charge is 0.261 e. The monoisotopic (exact) mass is 447 g/mol. The summed E-state index contributed by atoms with van der Waals surface area (Å²) in [6.07, 6.45) is 10.5. The van der Waals surface area contributed by atoms with Crippen LogP contribution in [-0.4, -0.2) is 54.6 Å². The number of nitrogens with zero attached hydrogens (tertiary/aromatic N) is 6. The second-order valence-electron chi connectivity index (χ2n) is 8.75. The molecule has 0 radical (unpaired) electrons. The second kappa shape index (κ2) is 8.11. The number of hydrogen-bond donors (Lipinski definition) is 1. The van der Waals surface area contributed by atoms with E-state index in [-0.39, 0.29) is 18.1 Å². The number of rotatable bonds is 5. The van der Waals surface area contributed by atoms with Gasteiger partial charge in [-0.25, -0.2) is 9.50 Å². The fourth-order valence-electron chi connectivity index (χ4n) is 4.21. The van der Waals surface area contributed by atoms with Crippen molar-refractivity contribution >= 4 is 28.3 Å². The molecule has 1 N–H and O–H groups in total. The van der Waals surface area contributed by atoms with Gasteiger partial charge in [0.05, 0.1) is 18.8 Å². The fraction of sp³-hybridized carbons (Fsp3) is 0.435. The minimum absolute atomic E-state index is 0.0802. The van der Waals surface area contributed by atoms with Crippen molar-refractivity contribution in [3.05, 3.63) is 42.0 Å². The number of hydrogen-bond acceptors (Lipinski definition) is 7. The lowest BCUT2D eigenvalue weighted by atomic mass is 9.96. The Kier molecular flexibility index (Phi) is 4.94. The van der Waals surface area contributed by atoms with E-state index in [1.807, 2.05) is 36.1 Å². The molecule has 2 aliphatic rings. The van der Waals surface area contributed by atoms with E-state index < -0.39 is 0 Å². The number of aryl methyl sites for hydroxylation is 1. The van der Waals surface area contributed by atoms with Crippen molar-refractivity contribution in [1.82, 2.24) is 29.4 Å². The second-order valence-corrected chi connectivity index (χ2v) is 8.75. The number of anilines is 1. The number of carbonyl (C=O) groups is 1. The van der Waals surface area contributed by atoms with Gasteiger partial charge in [-0.2, -0.15) is 15.2 Å². The summed E-state index contributed by atoms with van der Waals surface area (Å²) in [5, 5.41) is 12.7. The van der Waals surface area contributed by atoms with Crippen molar-refractivity contribution in [1.29, 1.82) is 0 Å². The minimum atomic E-state index is -0.314. The number of fused-ring (bicyclic) bond motifs is 2. The highest BCUT2D eigenvalue weighted by atomic mass is 16.5. The number of carbonyl (C=O) groups excluding carboxylic acids is 1. The molecule has 4 aromatic rings. The first kappa shape index (κ1) is 20.1. The predicted octanol–water partition coefficient (Wildman–Crippen LogP) is 3.32. The molecule has 0 spiro atoms. The maximum atomic E-state index is 13.4. The molecule has 1 saturated heterocycles. The predicted molar refractivity (Wildman–Crippen MR) is 121 cm³/mol. The molecule has 0 unspecified atom stereocenters. The molecular formula is C23H25N7O3. The molecule has 2 fully saturated rings. The zero-order valence-corrected chi connectivity index (χ0v) is 18.4. The maximum absolute atomic E-state index is 13.4. The van der Waals surface area contributed by atoms with E-state index in [0.717, 1.165) is 49.8 Å². The van der Waals surface area contributed by atoms with Gasteiger partial charge in [0.1, 0.15) is 17.4 Å². The molecule has 5 heterocycles. The van der Waals surface area contributed by atoms with Crippen molar-refractivity contribution in [2.45, 2.75) is 51.2 Å². The summed E-state index contributed by atoms with van der Waals surface area (Å²) >= 11 is 0. The van der Waals surface area contributed by atoms with Crippen molar-refractivity contribution in [2.24, 2.45) is 0 Å². The van der Waals surface area contributed by atoms with Crippen LogP contribution >= 0.6 is 0 Å². The van der Waals surface area contributed by atoms with Crippen molar-refractivity contribution in [3.63, 3.8) is 0 Å². The molecule has 170 valence electrons. The third kappa shape index (κ3) is 3.80. The molecule has 1 saturated carbocycles. The summed E-state index contributed by atoms with van der Waals surface area (Å²) in [6.45, 7) is 3.32. The van der Waals surface area contributed by atoms with E-state index in [4.69, 9.17) is 9.47 Å². The topological polar surface area (TPSA) is 108 Å². The molecule has 0 bridgehead atoms. The number of ether oxygens (including phenoxy) is 2. The first-order valence-electron chi connectivity index (χ1n) is 11.4. The summed E-state index contributed by atoms with van der Waals surface area (Å²) in [4.78, 5) is 22.5. The summed E-state index contributed by atoms with van der Waals surface area (Å²) in [6, 6.07) is 3.85. The minimum Gasteiger partial charge on any atom is -0.474 e. The van der Waals surface area contributed by atoms with Crippen LogP contribution in [0.3, 0.4) is 0 Å². The Morgan fingerprint density at radius 3 is 2.94 bits per heavy atom. The van der Waals surface area contributed by atoms with Crippen LogP contribution in [0.15, 0.2) is 30.7 Å². The quantitative estimate of drug-likeness (QED) is 0.500. The van der Waals surface area contributed by atoms with Gasteiger partial charge < -0.3 is 14.8 Å². The standard InChI is InChI=1S/C23H25N7O3/c1-14-7-8-29-21(25-14)19(11-24-29)26-22(31)18-10-15-12-30(16-4-3-9-32-13-16)28-20(15)27-23(18)33-17-5-2-6-17/h7-8,10-12,16-17H,2-6,9,13H2,1H3,(H,26,31)/t16-/m0/s1. The Morgan fingerprint density at radius 2 is 2.15 bits per heavy atom. The van der Waals surface area contributed by atoms with Gasteiger partial charge in [0.2, 0.25) is 5.88 Å². The summed E-state index contributed by atoms with van der Waals surface area (Å²) in [7, 11) is 0. The zero-order valence-electron chi connectivity index (χ0n) is 18.4. The molecule has 1 amide bonds. The van der Waals surface area contributed by atoms with Crippen LogP contribution in [0.2, 0.25) is 0 Å². The van der Waals surface area contributed by atoms with Gasteiger partial charge in [0, 0.05) is 30.1 Å². The Balaban J connectivity index is 1.36. The van der Waals surface area contributed by atoms with Crippen LogP contribution in [0.4, 0.5) is 5.69 Å². The average molecular weight is 447 g/mol. The van der Waals surface area contributed by atoms with Gasteiger partial charge in [0.15, 0.2) is 11.3 Å². The van der Waals surface area contributed by atoms with Crippen LogP contribution in [0.1, 0.15) is 54.2 Å². The van der Waals surface area contributed by atoms with Gasteiger partial charge in [-0.3, -0.25) is 9.48 Å². The molecule has 10 nitrogen and oxygen atoms in total. The van der Waals surface area contributed by atoms with Crippen LogP contribution in [-0.2, 0) is 4.74 Å². The average Bonchev–Trinajstić information content (AvgIpc) is 3.39. The van der Waals surface area contributed by atoms with Crippen LogP contribution in [0.5, 0.6) is 5.88 Å². The van der Waals surface area contributed by atoms with E-state index in [9.17, 15) is 4.79 Å². The molecule has 6 rings (SSSR count). The normalized spacial score (nSPS) is 19.0. The third-order valence-electron chi connectivity index (χ3n) is 6.32. The lowest BCUT2D eigenvalue weighted by Crippen LogP contribution is -2.26. The van der Waals surface area contributed by atoms with E-state index in [2.05, 4.69) is 25.5 Å². The van der Waals surface area contributed by atoms with Gasteiger partial charge in [-0.15, -0.1) is 0 Å². The zero-order chi connectivity index (χ0) is 22.4. The SMILES string of the molecule is Cc1ccn2ncc(NC(=O)c3cc4cn([C@H]5CCCOC5)nc4nc3OC3CCC3)c2n1. The first-order chi connectivity index (χ1) is 16.1. The Bertz CT molecular complexity index is 1330. The molecule has 0 aromatic carbocycles. The van der Waals surface area contributed by atoms with Gasteiger partial charge >= 0.3 is 0 Å². The largest absolute Gasteiger partial charge is 0.474 e. The highest BCUT2D eigenvalue weighted by Crippen LogP contribution is 2.30. The fourth-order valence-corrected chi connectivity index (χ4v) is 4.21. The Labute approximate surface area is 189 Å². The molecular weight excluding hydrogens is 422 g/mol. The Hall–Kier alpha value is -3.53. The number of nitrogens with one attached hydrogen (secondary N) is 1. The lowest BCUT2D eigenvalue weighted by Gasteiger charge is -2.26. The van der Waals surface area contributed by atoms with Crippen LogP contribution in [0.25, 0.3) is 16.7 Å². The summed E-state index contributed by atoms with van der Waals surface area (Å²) in [5.74, 6) is 0.00105. The van der Waals surface area contributed by atoms with Crippen LogP contribution in [0, 0.1) is 6.92 Å². The van der Waals surface area contributed by atoms with Crippen molar-refractivity contribution in [2.75, 3.05) is 18.5 Å². The molecule has 1 atom stereocenters. The number of pyridine rings is 1. The lowest BCUT2D eigenvalue weighted by molar-refractivity contribution is 0.0551.